The molecule has 3 rings (SSSR count). The molecule has 5 nitrogen and oxygen atoms in total. The predicted molar refractivity (Wildman–Crippen MR) is 150 cm³/mol. The second-order valence-corrected chi connectivity index (χ2v) is 10.1. The number of anilines is 2. The molecule has 0 aliphatic heterocycles. The molecule has 3 aromatic carbocycles. The van der Waals surface area contributed by atoms with Crippen LogP contribution < -0.4 is 19.7 Å². The molecule has 0 saturated carbocycles. The molecule has 192 valence electrons. The summed E-state index contributed by atoms with van der Waals surface area (Å²) in [5.41, 5.74) is 6.11. The number of methoxy groups -OCH3 is 2. The van der Waals surface area contributed by atoms with Crippen LogP contribution in [0.5, 0.6) is 11.5 Å². The lowest BCUT2D eigenvalue weighted by molar-refractivity contribution is 0.256. The first-order chi connectivity index (χ1) is 17.2. The maximum absolute atomic E-state index is 14.0. The van der Waals surface area contributed by atoms with Gasteiger partial charge in [-0.2, -0.15) is 0 Å². The normalized spacial score (nSPS) is 11.2. The zero-order valence-corrected chi connectivity index (χ0v) is 22.9. The van der Waals surface area contributed by atoms with Gasteiger partial charge in [0.15, 0.2) is 0 Å². The van der Waals surface area contributed by atoms with Gasteiger partial charge in [0, 0.05) is 23.0 Å². The van der Waals surface area contributed by atoms with Crippen LogP contribution in [0.15, 0.2) is 60.7 Å². The Morgan fingerprint density at radius 2 is 1.42 bits per heavy atom. The smallest absolute Gasteiger partial charge is 0.326 e. The van der Waals surface area contributed by atoms with Crippen LogP contribution in [0, 0.1) is 0 Å². The molecule has 0 fully saturated rings. The topological polar surface area (TPSA) is 50.8 Å². The fraction of sp³-hybridized carbons (Fsp3) is 0.387. The van der Waals surface area contributed by atoms with Gasteiger partial charge >= 0.3 is 6.03 Å². The number of para-hydroxylation sites is 1. The fourth-order valence-corrected chi connectivity index (χ4v) is 4.34. The molecule has 2 amide bonds. The van der Waals surface area contributed by atoms with Gasteiger partial charge in [0.05, 0.1) is 20.8 Å². The molecule has 0 heterocycles. The predicted octanol–water partition coefficient (Wildman–Crippen LogP) is 8.31. The SMILES string of the molecule is COc1ccc(CN(C(=O)Nc2c(C(C)C)cccc2C(C)C)c2ccc(C(C)C)cc2)c(OC)c1. The first-order valence-electron chi connectivity index (χ1n) is 12.7. The number of carbonyl (C=O) groups excluding carboxylic acids is 1. The van der Waals surface area contributed by atoms with Gasteiger partial charge in [0.2, 0.25) is 0 Å². The molecule has 0 unspecified atom stereocenters. The number of rotatable bonds is 9. The van der Waals surface area contributed by atoms with Crippen molar-refractivity contribution in [1.82, 2.24) is 0 Å². The average Bonchev–Trinajstić information content (AvgIpc) is 2.87. The van der Waals surface area contributed by atoms with E-state index in [-0.39, 0.29) is 17.9 Å². The van der Waals surface area contributed by atoms with Gasteiger partial charge in [-0.25, -0.2) is 4.79 Å². The molecule has 5 heteroatoms. The number of ether oxygens (including phenoxy) is 2. The summed E-state index contributed by atoms with van der Waals surface area (Å²) < 4.78 is 11.0. The van der Waals surface area contributed by atoms with E-state index in [2.05, 4.69) is 77.2 Å². The molecule has 0 aromatic heterocycles. The second kappa shape index (κ2) is 12.0. The maximum atomic E-state index is 14.0. The Labute approximate surface area is 216 Å². The van der Waals surface area contributed by atoms with Gasteiger partial charge in [-0.1, -0.05) is 71.9 Å². The minimum atomic E-state index is -0.180. The molecule has 0 bridgehead atoms. The van der Waals surface area contributed by atoms with E-state index in [0.717, 1.165) is 28.1 Å². The number of carbonyl (C=O) groups is 1. The van der Waals surface area contributed by atoms with E-state index in [1.165, 1.54) is 5.56 Å². The molecule has 3 aromatic rings. The van der Waals surface area contributed by atoms with Crippen LogP contribution in [0.4, 0.5) is 16.2 Å². The minimum absolute atomic E-state index is 0.180. The number of nitrogens with one attached hydrogen (secondary N) is 1. The van der Waals surface area contributed by atoms with Crippen molar-refractivity contribution in [2.75, 3.05) is 24.4 Å². The summed E-state index contributed by atoms with van der Waals surface area (Å²) in [6.07, 6.45) is 0. The van der Waals surface area contributed by atoms with Crippen molar-refractivity contribution in [3.63, 3.8) is 0 Å². The molecule has 0 aliphatic carbocycles. The standard InChI is InChI=1S/C31H40N2O3/c1-20(2)23-12-15-25(16-13-23)33(19-24-14-17-26(35-7)18-29(24)36-8)31(34)32-30-27(21(3)4)10-9-11-28(30)22(5)6/h9-18,20-22H,19H2,1-8H3,(H,32,34). The van der Waals surface area contributed by atoms with Crippen LogP contribution in [-0.4, -0.2) is 20.3 Å². The van der Waals surface area contributed by atoms with Crippen LogP contribution >= 0.6 is 0 Å². The highest BCUT2D eigenvalue weighted by molar-refractivity contribution is 6.02. The van der Waals surface area contributed by atoms with Gasteiger partial charge in [0.1, 0.15) is 11.5 Å². The lowest BCUT2D eigenvalue weighted by atomic mass is 9.92. The Kier molecular flexibility index (Phi) is 9.03. The van der Waals surface area contributed by atoms with Crippen molar-refractivity contribution in [3.05, 3.63) is 82.9 Å². The number of hydrogen-bond acceptors (Lipinski definition) is 3. The van der Waals surface area contributed by atoms with Crippen molar-refractivity contribution in [2.45, 2.75) is 65.8 Å². The summed E-state index contributed by atoms with van der Waals surface area (Å²) in [5.74, 6) is 2.35. The van der Waals surface area contributed by atoms with Gasteiger partial charge in [0.25, 0.3) is 0 Å². The Morgan fingerprint density at radius 1 is 0.806 bits per heavy atom. The molecular formula is C31H40N2O3. The van der Waals surface area contributed by atoms with Gasteiger partial charge in [-0.05, 0) is 58.7 Å². The third-order valence-electron chi connectivity index (χ3n) is 6.54. The summed E-state index contributed by atoms with van der Waals surface area (Å²) in [6.45, 7) is 13.3. The molecule has 36 heavy (non-hydrogen) atoms. The average molecular weight is 489 g/mol. The molecule has 0 saturated heterocycles. The summed E-state index contributed by atoms with van der Waals surface area (Å²) in [5, 5.41) is 3.28. The van der Waals surface area contributed by atoms with Crippen molar-refractivity contribution in [3.8, 4) is 11.5 Å². The van der Waals surface area contributed by atoms with Crippen molar-refractivity contribution < 1.29 is 14.3 Å². The van der Waals surface area contributed by atoms with Gasteiger partial charge in [-0.15, -0.1) is 0 Å². The van der Waals surface area contributed by atoms with E-state index >= 15 is 0 Å². The Balaban J connectivity index is 2.05. The Morgan fingerprint density at radius 3 is 1.92 bits per heavy atom. The Hall–Kier alpha value is -3.47. The van der Waals surface area contributed by atoms with Crippen molar-refractivity contribution >= 4 is 17.4 Å². The van der Waals surface area contributed by atoms with E-state index in [4.69, 9.17) is 9.47 Å². The van der Waals surface area contributed by atoms with E-state index in [1.54, 1.807) is 19.1 Å². The van der Waals surface area contributed by atoms with Crippen LogP contribution in [0.1, 0.15) is 81.5 Å². The van der Waals surface area contributed by atoms with E-state index in [9.17, 15) is 4.79 Å². The number of urea groups is 1. The molecule has 0 radical (unpaired) electrons. The molecule has 0 spiro atoms. The van der Waals surface area contributed by atoms with Crippen LogP contribution in [-0.2, 0) is 6.54 Å². The van der Waals surface area contributed by atoms with Crippen molar-refractivity contribution in [2.24, 2.45) is 0 Å². The van der Waals surface area contributed by atoms with Crippen molar-refractivity contribution in [1.29, 1.82) is 0 Å². The number of hydrogen-bond donors (Lipinski definition) is 1. The van der Waals surface area contributed by atoms with Crippen LogP contribution in [0.3, 0.4) is 0 Å². The lowest BCUT2D eigenvalue weighted by Gasteiger charge is -2.27. The Bertz CT molecular complexity index is 1140. The van der Waals surface area contributed by atoms with Crippen LogP contribution in [0.2, 0.25) is 0 Å². The molecule has 0 aliphatic rings. The zero-order chi connectivity index (χ0) is 26.4. The van der Waals surface area contributed by atoms with Crippen LogP contribution in [0.25, 0.3) is 0 Å². The van der Waals surface area contributed by atoms with Gasteiger partial charge in [-0.3, -0.25) is 4.90 Å². The highest BCUT2D eigenvalue weighted by Crippen LogP contribution is 2.34. The zero-order valence-electron chi connectivity index (χ0n) is 22.9. The van der Waals surface area contributed by atoms with E-state index in [1.807, 2.05) is 30.3 Å². The molecule has 1 N–H and O–H groups in total. The maximum Gasteiger partial charge on any atom is 0.326 e. The first kappa shape index (κ1) is 27.1. The quantitative estimate of drug-likeness (QED) is 0.329. The number of amides is 2. The largest absolute Gasteiger partial charge is 0.497 e. The third kappa shape index (κ3) is 6.20. The van der Waals surface area contributed by atoms with E-state index in [0.29, 0.717) is 24.0 Å². The highest BCUT2D eigenvalue weighted by Gasteiger charge is 2.22. The summed E-state index contributed by atoms with van der Waals surface area (Å²) in [4.78, 5) is 15.7. The summed E-state index contributed by atoms with van der Waals surface area (Å²) >= 11 is 0. The lowest BCUT2D eigenvalue weighted by Crippen LogP contribution is -2.35. The second-order valence-electron chi connectivity index (χ2n) is 10.1. The van der Waals surface area contributed by atoms with E-state index < -0.39 is 0 Å². The molecular weight excluding hydrogens is 448 g/mol. The third-order valence-corrected chi connectivity index (χ3v) is 6.54. The number of nitrogens with zero attached hydrogens (tertiary/aromatic N) is 1. The summed E-state index contributed by atoms with van der Waals surface area (Å²) in [6, 6.07) is 20.0. The number of benzene rings is 3. The van der Waals surface area contributed by atoms with Gasteiger partial charge < -0.3 is 14.8 Å². The highest BCUT2D eigenvalue weighted by atomic mass is 16.5. The summed E-state index contributed by atoms with van der Waals surface area (Å²) in [7, 11) is 3.26. The monoisotopic (exact) mass is 488 g/mol. The minimum Gasteiger partial charge on any atom is -0.497 e. The fourth-order valence-electron chi connectivity index (χ4n) is 4.34. The molecule has 0 atom stereocenters. The first-order valence-corrected chi connectivity index (χ1v) is 12.7.